The predicted octanol–water partition coefficient (Wildman–Crippen LogP) is 0.315. The fraction of sp³-hybridized carbons (Fsp3) is 0.875. The van der Waals surface area contributed by atoms with Gasteiger partial charge in [-0.25, -0.2) is 0 Å². The van der Waals surface area contributed by atoms with E-state index in [0.29, 0.717) is 6.54 Å². The van der Waals surface area contributed by atoms with Gasteiger partial charge in [0.2, 0.25) is 0 Å². The Morgan fingerprint density at radius 3 is 2.64 bits per heavy atom. The van der Waals surface area contributed by atoms with E-state index in [-0.39, 0.29) is 5.41 Å². The highest BCUT2D eigenvalue weighted by Gasteiger charge is 2.28. The number of nitrogens with zero attached hydrogens (tertiary/aromatic N) is 2. The second-order valence-corrected chi connectivity index (χ2v) is 3.71. The maximum atomic E-state index is 5.64. The molecule has 0 amide bonds. The van der Waals surface area contributed by atoms with Crippen molar-refractivity contribution >= 4 is 5.84 Å². The molecule has 0 bridgehead atoms. The van der Waals surface area contributed by atoms with Gasteiger partial charge < -0.3 is 10.6 Å². The van der Waals surface area contributed by atoms with Gasteiger partial charge in [-0.1, -0.05) is 13.8 Å². The van der Waals surface area contributed by atoms with Crippen molar-refractivity contribution in [2.24, 2.45) is 16.1 Å². The van der Waals surface area contributed by atoms with Gasteiger partial charge in [-0.2, -0.15) is 0 Å². The fourth-order valence-electron chi connectivity index (χ4n) is 1.35. The molecule has 0 saturated carbocycles. The van der Waals surface area contributed by atoms with Crippen molar-refractivity contribution in [3.05, 3.63) is 0 Å². The number of likely N-dealkylation sites (N-methyl/N-ethyl adjacent to an activating group) is 1. The minimum atomic E-state index is 0.0469. The first-order valence-electron chi connectivity index (χ1n) is 4.04. The molecular formula is C8H17N3. The van der Waals surface area contributed by atoms with E-state index >= 15 is 0 Å². The minimum absolute atomic E-state index is 0.0469. The van der Waals surface area contributed by atoms with E-state index in [4.69, 9.17) is 5.73 Å². The van der Waals surface area contributed by atoms with Crippen LogP contribution in [0.2, 0.25) is 0 Å². The summed E-state index contributed by atoms with van der Waals surface area (Å²) in [6.07, 6.45) is 0. The first kappa shape index (κ1) is 8.53. The van der Waals surface area contributed by atoms with Crippen LogP contribution in [0.3, 0.4) is 0 Å². The van der Waals surface area contributed by atoms with Crippen molar-refractivity contribution in [2.45, 2.75) is 13.8 Å². The highest BCUT2D eigenvalue weighted by atomic mass is 15.2. The van der Waals surface area contributed by atoms with Gasteiger partial charge in [-0.3, -0.25) is 4.99 Å². The van der Waals surface area contributed by atoms with Crippen molar-refractivity contribution in [3.8, 4) is 0 Å². The molecule has 64 valence electrons. The Labute approximate surface area is 68.3 Å². The molecule has 1 aliphatic rings. The highest BCUT2D eigenvalue weighted by molar-refractivity contribution is 5.88. The van der Waals surface area contributed by atoms with Crippen LogP contribution in [0.15, 0.2) is 4.99 Å². The Kier molecular flexibility index (Phi) is 2.18. The number of hydrogen-bond donors (Lipinski definition) is 1. The summed E-state index contributed by atoms with van der Waals surface area (Å²) in [5.74, 6) is 1.15. The predicted molar refractivity (Wildman–Crippen MR) is 47.8 cm³/mol. The summed E-state index contributed by atoms with van der Waals surface area (Å²) < 4.78 is 0. The SMILES string of the molecule is CN1CCN=C1C(C)(C)CN. The molecule has 1 rings (SSSR count). The lowest BCUT2D eigenvalue weighted by Crippen LogP contribution is -2.40. The number of hydrogen-bond acceptors (Lipinski definition) is 3. The lowest BCUT2D eigenvalue weighted by molar-refractivity contribution is 0.444. The van der Waals surface area contributed by atoms with Crippen LogP contribution < -0.4 is 5.73 Å². The van der Waals surface area contributed by atoms with Crippen molar-refractivity contribution in [3.63, 3.8) is 0 Å². The monoisotopic (exact) mass is 155 g/mol. The summed E-state index contributed by atoms with van der Waals surface area (Å²) in [6.45, 7) is 6.89. The Bertz CT molecular complexity index is 172. The molecule has 1 aliphatic heterocycles. The highest BCUT2D eigenvalue weighted by Crippen LogP contribution is 2.20. The van der Waals surface area contributed by atoms with E-state index in [1.807, 2.05) is 0 Å². The molecule has 0 aromatic rings. The summed E-state index contributed by atoms with van der Waals surface area (Å²) in [6, 6.07) is 0. The molecule has 3 heteroatoms. The van der Waals surface area contributed by atoms with E-state index in [9.17, 15) is 0 Å². The molecule has 11 heavy (non-hydrogen) atoms. The van der Waals surface area contributed by atoms with Crippen LogP contribution in [0.4, 0.5) is 0 Å². The van der Waals surface area contributed by atoms with E-state index < -0.39 is 0 Å². The molecular weight excluding hydrogens is 138 g/mol. The summed E-state index contributed by atoms with van der Waals surface area (Å²) >= 11 is 0. The van der Waals surface area contributed by atoms with Crippen LogP contribution in [-0.2, 0) is 0 Å². The van der Waals surface area contributed by atoms with Gasteiger partial charge in [0.25, 0.3) is 0 Å². The largest absolute Gasteiger partial charge is 0.361 e. The average Bonchev–Trinajstić information content (AvgIpc) is 2.36. The Hall–Kier alpha value is -0.570. The van der Waals surface area contributed by atoms with E-state index in [2.05, 4.69) is 30.8 Å². The molecule has 1 heterocycles. The first-order chi connectivity index (χ1) is 5.08. The van der Waals surface area contributed by atoms with Crippen LogP contribution in [0.5, 0.6) is 0 Å². The molecule has 0 aromatic heterocycles. The van der Waals surface area contributed by atoms with E-state index in [1.165, 1.54) is 0 Å². The zero-order valence-electron chi connectivity index (χ0n) is 7.59. The Morgan fingerprint density at radius 1 is 1.64 bits per heavy atom. The standard InChI is InChI=1S/C8H17N3/c1-8(2,6-9)7-10-4-5-11(7)3/h4-6,9H2,1-3H3. The van der Waals surface area contributed by atoms with Crippen molar-refractivity contribution in [2.75, 3.05) is 26.7 Å². The third kappa shape index (κ3) is 1.53. The molecule has 0 aliphatic carbocycles. The van der Waals surface area contributed by atoms with Gasteiger partial charge >= 0.3 is 0 Å². The zero-order chi connectivity index (χ0) is 8.48. The molecule has 0 saturated heterocycles. The molecule has 0 atom stereocenters. The molecule has 3 nitrogen and oxygen atoms in total. The maximum absolute atomic E-state index is 5.64. The van der Waals surface area contributed by atoms with Crippen LogP contribution in [-0.4, -0.2) is 37.4 Å². The third-order valence-electron chi connectivity index (χ3n) is 2.17. The normalized spacial score (nSPS) is 18.9. The lowest BCUT2D eigenvalue weighted by atomic mass is 9.92. The second kappa shape index (κ2) is 2.81. The van der Waals surface area contributed by atoms with Gasteiger partial charge in [0.1, 0.15) is 5.84 Å². The summed E-state index contributed by atoms with van der Waals surface area (Å²) in [4.78, 5) is 6.61. The Morgan fingerprint density at radius 2 is 2.27 bits per heavy atom. The van der Waals surface area contributed by atoms with Crippen molar-refractivity contribution in [1.82, 2.24) is 4.90 Å². The molecule has 0 fully saturated rings. The van der Waals surface area contributed by atoms with Gasteiger partial charge in [0.15, 0.2) is 0 Å². The van der Waals surface area contributed by atoms with Crippen molar-refractivity contribution in [1.29, 1.82) is 0 Å². The third-order valence-corrected chi connectivity index (χ3v) is 2.17. The number of nitrogens with two attached hydrogens (primary N) is 1. The van der Waals surface area contributed by atoms with Crippen molar-refractivity contribution < 1.29 is 0 Å². The van der Waals surface area contributed by atoms with Crippen LogP contribution in [0.1, 0.15) is 13.8 Å². The summed E-state index contributed by atoms with van der Waals surface area (Å²) in [5, 5.41) is 0. The van der Waals surface area contributed by atoms with Gasteiger partial charge in [-0.15, -0.1) is 0 Å². The molecule has 0 radical (unpaired) electrons. The van der Waals surface area contributed by atoms with E-state index in [1.54, 1.807) is 0 Å². The quantitative estimate of drug-likeness (QED) is 0.624. The minimum Gasteiger partial charge on any atom is -0.361 e. The van der Waals surface area contributed by atoms with Gasteiger partial charge in [-0.05, 0) is 0 Å². The number of amidine groups is 1. The fourth-order valence-corrected chi connectivity index (χ4v) is 1.35. The summed E-state index contributed by atoms with van der Waals surface area (Å²) in [7, 11) is 2.07. The number of aliphatic imine (C=N–C) groups is 1. The van der Waals surface area contributed by atoms with Crippen LogP contribution in [0.25, 0.3) is 0 Å². The van der Waals surface area contributed by atoms with Gasteiger partial charge in [0, 0.05) is 25.6 Å². The van der Waals surface area contributed by atoms with Crippen LogP contribution in [0, 0.1) is 5.41 Å². The number of rotatable bonds is 2. The maximum Gasteiger partial charge on any atom is 0.106 e. The topological polar surface area (TPSA) is 41.6 Å². The lowest BCUT2D eigenvalue weighted by Gasteiger charge is -2.28. The second-order valence-electron chi connectivity index (χ2n) is 3.71. The molecule has 0 aromatic carbocycles. The van der Waals surface area contributed by atoms with Crippen LogP contribution >= 0.6 is 0 Å². The Balaban J connectivity index is 2.73. The first-order valence-corrected chi connectivity index (χ1v) is 4.04. The smallest absolute Gasteiger partial charge is 0.106 e. The zero-order valence-corrected chi connectivity index (χ0v) is 7.59. The average molecular weight is 155 g/mol. The van der Waals surface area contributed by atoms with Gasteiger partial charge in [0.05, 0.1) is 6.54 Å². The van der Waals surface area contributed by atoms with E-state index in [0.717, 1.165) is 18.9 Å². The molecule has 0 unspecified atom stereocenters. The molecule has 0 spiro atoms. The summed E-state index contributed by atoms with van der Waals surface area (Å²) in [5.41, 5.74) is 5.69. The molecule has 2 N–H and O–H groups in total.